The van der Waals surface area contributed by atoms with E-state index in [9.17, 15) is 32.9 Å². The SMILES string of the molecule is O=C(NNc1ccc(C(F)(F)F)cc1[N+](=O)[O-])C1CCN(C(=O)c2ccco2)CC1. The van der Waals surface area contributed by atoms with E-state index in [0.717, 1.165) is 6.07 Å². The molecule has 2 heterocycles. The van der Waals surface area contributed by atoms with Crippen molar-refractivity contribution >= 4 is 23.2 Å². The Morgan fingerprint density at radius 2 is 1.90 bits per heavy atom. The van der Waals surface area contributed by atoms with Crippen molar-refractivity contribution in [2.45, 2.75) is 19.0 Å². The predicted molar refractivity (Wildman–Crippen MR) is 97.2 cm³/mol. The zero-order chi connectivity index (χ0) is 21.9. The summed E-state index contributed by atoms with van der Waals surface area (Å²) >= 11 is 0. The van der Waals surface area contributed by atoms with Gasteiger partial charge in [-0.1, -0.05) is 0 Å². The highest BCUT2D eigenvalue weighted by Gasteiger charge is 2.33. The van der Waals surface area contributed by atoms with Crippen LogP contribution in [0, 0.1) is 16.0 Å². The van der Waals surface area contributed by atoms with Gasteiger partial charge in [-0.15, -0.1) is 0 Å². The van der Waals surface area contributed by atoms with Crippen LogP contribution in [0.4, 0.5) is 24.5 Å². The van der Waals surface area contributed by atoms with Crippen molar-refractivity contribution in [3.8, 4) is 0 Å². The van der Waals surface area contributed by atoms with Crippen LogP contribution in [-0.4, -0.2) is 34.7 Å². The Labute approximate surface area is 167 Å². The summed E-state index contributed by atoms with van der Waals surface area (Å²) in [7, 11) is 0. The summed E-state index contributed by atoms with van der Waals surface area (Å²) in [6, 6.07) is 5.10. The number of nitro benzene ring substituents is 1. The first-order valence-corrected chi connectivity index (χ1v) is 8.91. The lowest BCUT2D eigenvalue weighted by Crippen LogP contribution is -2.44. The second-order valence-electron chi connectivity index (χ2n) is 6.64. The summed E-state index contributed by atoms with van der Waals surface area (Å²) in [6.45, 7) is 0.635. The maximum absolute atomic E-state index is 12.8. The maximum atomic E-state index is 12.8. The summed E-state index contributed by atoms with van der Waals surface area (Å²) in [5, 5.41) is 11.1. The molecule has 12 heteroatoms. The third kappa shape index (κ3) is 4.70. The van der Waals surface area contributed by atoms with Gasteiger partial charge in [-0.3, -0.25) is 30.6 Å². The van der Waals surface area contributed by atoms with Crippen molar-refractivity contribution in [2.75, 3.05) is 18.5 Å². The number of hydrogen-bond donors (Lipinski definition) is 2. The van der Waals surface area contributed by atoms with E-state index in [1.54, 1.807) is 17.0 Å². The lowest BCUT2D eigenvalue weighted by Gasteiger charge is -2.30. The van der Waals surface area contributed by atoms with E-state index in [2.05, 4.69) is 10.9 Å². The maximum Gasteiger partial charge on any atom is 0.416 e. The normalized spacial score (nSPS) is 15.0. The molecule has 3 rings (SSSR count). The Bertz CT molecular complexity index is 938. The highest BCUT2D eigenvalue weighted by molar-refractivity contribution is 5.91. The zero-order valence-electron chi connectivity index (χ0n) is 15.4. The van der Waals surface area contributed by atoms with Crippen LogP contribution in [-0.2, 0) is 11.0 Å². The number of piperidine rings is 1. The number of rotatable bonds is 5. The number of furan rings is 1. The molecule has 0 unspecified atom stereocenters. The van der Waals surface area contributed by atoms with E-state index < -0.39 is 34.2 Å². The molecule has 160 valence electrons. The van der Waals surface area contributed by atoms with Gasteiger partial charge in [-0.05, 0) is 37.1 Å². The fourth-order valence-electron chi connectivity index (χ4n) is 3.10. The topological polar surface area (TPSA) is 118 Å². The van der Waals surface area contributed by atoms with E-state index in [0.29, 0.717) is 38.1 Å². The van der Waals surface area contributed by atoms with Gasteiger partial charge < -0.3 is 9.32 Å². The van der Waals surface area contributed by atoms with Gasteiger partial charge >= 0.3 is 6.18 Å². The molecule has 1 aromatic carbocycles. The first-order chi connectivity index (χ1) is 14.2. The highest BCUT2D eigenvalue weighted by Crippen LogP contribution is 2.34. The number of anilines is 1. The number of carbonyl (C=O) groups excluding carboxylic acids is 2. The van der Waals surface area contributed by atoms with Crippen LogP contribution in [0.15, 0.2) is 41.0 Å². The highest BCUT2D eigenvalue weighted by atomic mass is 19.4. The van der Waals surface area contributed by atoms with Gasteiger partial charge in [0.15, 0.2) is 5.76 Å². The summed E-state index contributed by atoms with van der Waals surface area (Å²) < 4.78 is 43.3. The van der Waals surface area contributed by atoms with Crippen LogP contribution in [0.2, 0.25) is 0 Å². The number of carbonyl (C=O) groups is 2. The molecule has 0 spiro atoms. The fourth-order valence-corrected chi connectivity index (χ4v) is 3.10. The average Bonchev–Trinajstić information content (AvgIpc) is 3.25. The number of benzene rings is 1. The number of hydrazine groups is 1. The number of halogens is 3. The largest absolute Gasteiger partial charge is 0.459 e. The van der Waals surface area contributed by atoms with Gasteiger partial charge in [0.2, 0.25) is 5.91 Å². The van der Waals surface area contributed by atoms with E-state index in [-0.39, 0.29) is 17.4 Å². The number of nitrogens with zero attached hydrogens (tertiary/aromatic N) is 2. The molecule has 1 aliphatic heterocycles. The van der Waals surface area contributed by atoms with Crippen molar-refractivity contribution < 1.29 is 32.1 Å². The Balaban J connectivity index is 1.57. The third-order valence-corrected chi connectivity index (χ3v) is 4.73. The van der Waals surface area contributed by atoms with Gasteiger partial charge in [0.1, 0.15) is 5.69 Å². The molecule has 1 aliphatic rings. The van der Waals surface area contributed by atoms with E-state index in [4.69, 9.17) is 4.42 Å². The minimum atomic E-state index is -4.73. The Hall–Kier alpha value is -3.57. The molecule has 2 N–H and O–H groups in total. The van der Waals surface area contributed by atoms with Crippen LogP contribution in [0.1, 0.15) is 29.0 Å². The monoisotopic (exact) mass is 426 g/mol. The van der Waals surface area contributed by atoms with Crippen LogP contribution >= 0.6 is 0 Å². The molecule has 0 aliphatic carbocycles. The van der Waals surface area contributed by atoms with Crippen molar-refractivity contribution in [1.29, 1.82) is 0 Å². The summed E-state index contributed by atoms with van der Waals surface area (Å²) in [6.07, 6.45) is -2.63. The Morgan fingerprint density at radius 3 is 2.47 bits per heavy atom. The van der Waals surface area contributed by atoms with E-state index in [1.807, 2.05) is 0 Å². The summed E-state index contributed by atoms with van der Waals surface area (Å²) in [4.78, 5) is 36.2. The van der Waals surface area contributed by atoms with E-state index >= 15 is 0 Å². The Morgan fingerprint density at radius 1 is 1.20 bits per heavy atom. The molecule has 0 saturated carbocycles. The number of likely N-dealkylation sites (tertiary alicyclic amines) is 1. The van der Waals surface area contributed by atoms with Crippen LogP contribution in [0.5, 0.6) is 0 Å². The van der Waals surface area contributed by atoms with Crippen LogP contribution < -0.4 is 10.9 Å². The third-order valence-electron chi connectivity index (χ3n) is 4.73. The lowest BCUT2D eigenvalue weighted by molar-refractivity contribution is -0.384. The van der Waals surface area contributed by atoms with Gasteiger partial charge in [0, 0.05) is 25.1 Å². The molecular formula is C18H17F3N4O5. The number of amides is 2. The van der Waals surface area contributed by atoms with Crippen LogP contribution in [0.25, 0.3) is 0 Å². The molecule has 1 saturated heterocycles. The van der Waals surface area contributed by atoms with Crippen molar-refractivity contribution in [3.63, 3.8) is 0 Å². The van der Waals surface area contributed by atoms with E-state index in [1.165, 1.54) is 6.26 Å². The van der Waals surface area contributed by atoms with Crippen molar-refractivity contribution in [1.82, 2.24) is 10.3 Å². The van der Waals surface area contributed by atoms with Crippen molar-refractivity contribution in [2.24, 2.45) is 5.92 Å². The lowest BCUT2D eigenvalue weighted by atomic mass is 9.96. The molecule has 0 bridgehead atoms. The summed E-state index contributed by atoms with van der Waals surface area (Å²) in [5.41, 5.74) is 2.37. The van der Waals surface area contributed by atoms with Crippen molar-refractivity contribution in [3.05, 3.63) is 58.0 Å². The molecule has 2 aromatic rings. The first-order valence-electron chi connectivity index (χ1n) is 8.91. The molecular weight excluding hydrogens is 409 g/mol. The van der Waals surface area contributed by atoms with Gasteiger partial charge in [0.25, 0.3) is 11.6 Å². The number of hydrogen-bond acceptors (Lipinski definition) is 6. The molecule has 0 atom stereocenters. The van der Waals surface area contributed by atoms with Gasteiger partial charge in [-0.25, -0.2) is 0 Å². The molecule has 9 nitrogen and oxygen atoms in total. The quantitative estimate of drug-likeness (QED) is 0.560. The fraction of sp³-hybridized carbons (Fsp3) is 0.333. The smallest absolute Gasteiger partial charge is 0.416 e. The number of nitro groups is 1. The number of alkyl halides is 3. The molecule has 30 heavy (non-hydrogen) atoms. The second-order valence-corrected chi connectivity index (χ2v) is 6.64. The Kier molecular flexibility index (Phi) is 5.94. The minimum Gasteiger partial charge on any atom is -0.459 e. The minimum absolute atomic E-state index is 0.203. The molecule has 1 aromatic heterocycles. The molecule has 0 radical (unpaired) electrons. The zero-order valence-corrected chi connectivity index (χ0v) is 15.4. The molecule has 2 amide bonds. The summed E-state index contributed by atoms with van der Waals surface area (Å²) in [5.74, 6) is -1.02. The first kappa shape index (κ1) is 21.1. The number of nitrogens with one attached hydrogen (secondary N) is 2. The van der Waals surface area contributed by atoms with Gasteiger partial charge in [0.05, 0.1) is 16.7 Å². The predicted octanol–water partition coefficient (Wildman–Crippen LogP) is 3.20. The average molecular weight is 426 g/mol. The standard InChI is InChI=1S/C18H17F3N4O5/c19-18(20,21)12-3-4-13(14(10-12)25(28)29)22-23-16(26)11-5-7-24(8-6-11)17(27)15-2-1-9-30-15/h1-4,9-11,22H,5-8H2,(H,23,26). The second kappa shape index (κ2) is 8.43. The van der Waals surface area contributed by atoms with Gasteiger partial charge in [-0.2, -0.15) is 13.2 Å². The molecule has 1 fully saturated rings. The van der Waals surface area contributed by atoms with Crippen LogP contribution in [0.3, 0.4) is 0 Å².